The summed E-state index contributed by atoms with van der Waals surface area (Å²) < 4.78 is 5.18. The van der Waals surface area contributed by atoms with E-state index in [-0.39, 0.29) is 24.0 Å². The van der Waals surface area contributed by atoms with E-state index in [0.717, 1.165) is 49.8 Å². The first kappa shape index (κ1) is 20.5. The van der Waals surface area contributed by atoms with Crippen LogP contribution in [0.15, 0.2) is 39.8 Å². The predicted octanol–water partition coefficient (Wildman–Crippen LogP) is 3.25. The van der Waals surface area contributed by atoms with Crippen molar-refractivity contribution in [3.05, 3.63) is 52.9 Å². The third-order valence-electron chi connectivity index (χ3n) is 3.85. The van der Waals surface area contributed by atoms with Crippen molar-refractivity contribution in [2.45, 2.75) is 33.1 Å². The number of guanidine groups is 1. The van der Waals surface area contributed by atoms with Crippen molar-refractivity contribution >= 4 is 29.9 Å². The minimum Gasteiger partial charge on any atom is -0.361 e. The van der Waals surface area contributed by atoms with E-state index in [9.17, 15) is 0 Å². The number of halogens is 1. The molecule has 6 heteroatoms. The maximum atomic E-state index is 5.18. The van der Waals surface area contributed by atoms with Crippen LogP contribution >= 0.6 is 24.0 Å². The molecule has 2 rings (SSSR count). The van der Waals surface area contributed by atoms with E-state index in [0.29, 0.717) is 0 Å². The first-order valence-electron chi connectivity index (χ1n) is 8.11. The van der Waals surface area contributed by atoms with E-state index in [2.05, 4.69) is 45.0 Å². The van der Waals surface area contributed by atoms with Crippen molar-refractivity contribution in [1.29, 1.82) is 0 Å². The highest BCUT2D eigenvalue weighted by Crippen LogP contribution is 2.11. The standard InChI is InChI=1S/C18H26N4O.HI/c1-14-17(15(2)23-22-14)11-13-21-18(19-3)20-12-7-10-16-8-5-4-6-9-16;/h4-6,8-9H,7,10-13H2,1-3H3,(H2,19,20,21);1H. The summed E-state index contributed by atoms with van der Waals surface area (Å²) in [7, 11) is 1.79. The second-order valence-electron chi connectivity index (χ2n) is 5.57. The zero-order chi connectivity index (χ0) is 16.5. The van der Waals surface area contributed by atoms with Gasteiger partial charge in [0.2, 0.25) is 0 Å². The molecule has 2 aromatic rings. The molecule has 1 aromatic heterocycles. The summed E-state index contributed by atoms with van der Waals surface area (Å²) in [5.74, 6) is 1.74. The van der Waals surface area contributed by atoms with Crippen molar-refractivity contribution < 1.29 is 4.52 Å². The Bertz CT molecular complexity index is 606. The highest BCUT2D eigenvalue weighted by molar-refractivity contribution is 14.0. The molecule has 0 aliphatic rings. The summed E-state index contributed by atoms with van der Waals surface area (Å²) in [4.78, 5) is 4.25. The maximum Gasteiger partial charge on any atom is 0.190 e. The normalized spacial score (nSPS) is 11.0. The van der Waals surface area contributed by atoms with Crippen molar-refractivity contribution in [1.82, 2.24) is 15.8 Å². The zero-order valence-electron chi connectivity index (χ0n) is 14.6. The number of rotatable bonds is 7. The van der Waals surface area contributed by atoms with Crippen LogP contribution in [0.5, 0.6) is 0 Å². The van der Waals surface area contributed by atoms with Crippen molar-refractivity contribution in [3.8, 4) is 0 Å². The number of hydrogen-bond acceptors (Lipinski definition) is 3. The third kappa shape index (κ3) is 6.51. The van der Waals surface area contributed by atoms with E-state index in [4.69, 9.17) is 4.52 Å². The van der Waals surface area contributed by atoms with Crippen LogP contribution in [0, 0.1) is 13.8 Å². The summed E-state index contributed by atoms with van der Waals surface area (Å²) in [5.41, 5.74) is 3.52. The Balaban J connectivity index is 0.00000288. The highest BCUT2D eigenvalue weighted by Gasteiger charge is 2.08. The van der Waals surface area contributed by atoms with Crippen LogP contribution in [-0.4, -0.2) is 31.3 Å². The Morgan fingerprint density at radius 3 is 2.42 bits per heavy atom. The average molecular weight is 442 g/mol. The van der Waals surface area contributed by atoms with Gasteiger partial charge in [-0.15, -0.1) is 24.0 Å². The topological polar surface area (TPSA) is 62.5 Å². The summed E-state index contributed by atoms with van der Waals surface area (Å²) in [6, 6.07) is 10.5. The van der Waals surface area contributed by atoms with Crippen LogP contribution in [0.3, 0.4) is 0 Å². The quantitative estimate of drug-likeness (QED) is 0.299. The Labute approximate surface area is 161 Å². The monoisotopic (exact) mass is 442 g/mol. The molecule has 1 aromatic carbocycles. The summed E-state index contributed by atoms with van der Waals surface area (Å²) in [6.45, 7) is 5.63. The van der Waals surface area contributed by atoms with E-state index in [1.165, 1.54) is 11.1 Å². The maximum absolute atomic E-state index is 5.18. The van der Waals surface area contributed by atoms with Crippen LogP contribution < -0.4 is 10.6 Å². The fourth-order valence-corrected chi connectivity index (χ4v) is 2.53. The zero-order valence-corrected chi connectivity index (χ0v) is 17.0. The Kier molecular flexibility index (Phi) is 9.44. The second kappa shape index (κ2) is 11.1. The first-order valence-corrected chi connectivity index (χ1v) is 8.11. The number of aliphatic imine (C=N–C) groups is 1. The molecule has 0 atom stereocenters. The largest absolute Gasteiger partial charge is 0.361 e. The lowest BCUT2D eigenvalue weighted by molar-refractivity contribution is 0.392. The molecule has 0 fully saturated rings. The van der Waals surface area contributed by atoms with Gasteiger partial charge in [-0.25, -0.2) is 0 Å². The molecule has 1 heterocycles. The fraction of sp³-hybridized carbons (Fsp3) is 0.444. The van der Waals surface area contributed by atoms with Gasteiger partial charge in [-0.1, -0.05) is 35.5 Å². The van der Waals surface area contributed by atoms with E-state index in [1.807, 2.05) is 19.9 Å². The molecule has 0 radical (unpaired) electrons. The fourth-order valence-electron chi connectivity index (χ4n) is 2.53. The van der Waals surface area contributed by atoms with Gasteiger partial charge in [0.25, 0.3) is 0 Å². The molecule has 0 unspecified atom stereocenters. The molecule has 0 saturated heterocycles. The number of benzene rings is 1. The molecule has 2 N–H and O–H groups in total. The first-order chi connectivity index (χ1) is 11.2. The van der Waals surface area contributed by atoms with Gasteiger partial charge in [-0.3, -0.25) is 4.99 Å². The molecule has 0 bridgehead atoms. The van der Waals surface area contributed by atoms with Gasteiger partial charge in [0.15, 0.2) is 5.96 Å². The van der Waals surface area contributed by atoms with Gasteiger partial charge in [0.1, 0.15) is 5.76 Å². The Hall–Kier alpha value is -1.57. The molecular weight excluding hydrogens is 415 g/mol. The second-order valence-corrected chi connectivity index (χ2v) is 5.57. The van der Waals surface area contributed by atoms with Gasteiger partial charge in [-0.05, 0) is 38.7 Å². The van der Waals surface area contributed by atoms with E-state index in [1.54, 1.807) is 7.05 Å². The highest BCUT2D eigenvalue weighted by atomic mass is 127. The van der Waals surface area contributed by atoms with Crippen LogP contribution in [0.25, 0.3) is 0 Å². The van der Waals surface area contributed by atoms with Gasteiger partial charge in [-0.2, -0.15) is 0 Å². The molecule has 24 heavy (non-hydrogen) atoms. The van der Waals surface area contributed by atoms with Gasteiger partial charge >= 0.3 is 0 Å². The smallest absolute Gasteiger partial charge is 0.190 e. The number of aromatic nitrogens is 1. The summed E-state index contributed by atoms with van der Waals surface area (Å²) in [6.07, 6.45) is 3.03. The predicted molar refractivity (Wildman–Crippen MR) is 109 cm³/mol. The molecule has 5 nitrogen and oxygen atoms in total. The average Bonchev–Trinajstić information content (AvgIpc) is 2.89. The Morgan fingerprint density at radius 2 is 1.79 bits per heavy atom. The van der Waals surface area contributed by atoms with Crippen molar-refractivity contribution in [2.75, 3.05) is 20.1 Å². The lowest BCUT2D eigenvalue weighted by Crippen LogP contribution is -2.38. The van der Waals surface area contributed by atoms with Crippen molar-refractivity contribution in [3.63, 3.8) is 0 Å². The lowest BCUT2D eigenvalue weighted by Gasteiger charge is -2.11. The van der Waals surface area contributed by atoms with Crippen LogP contribution in [-0.2, 0) is 12.8 Å². The molecular formula is C18H27IN4O. The van der Waals surface area contributed by atoms with E-state index < -0.39 is 0 Å². The minimum atomic E-state index is 0. The molecule has 0 spiro atoms. The lowest BCUT2D eigenvalue weighted by atomic mass is 10.1. The SMILES string of the molecule is CN=C(NCCCc1ccccc1)NCCc1c(C)noc1C.I. The minimum absolute atomic E-state index is 0. The van der Waals surface area contributed by atoms with Crippen LogP contribution in [0.4, 0.5) is 0 Å². The molecule has 0 amide bonds. The van der Waals surface area contributed by atoms with Gasteiger partial charge in [0.05, 0.1) is 5.69 Å². The summed E-state index contributed by atoms with van der Waals surface area (Å²) in [5, 5.41) is 10.7. The summed E-state index contributed by atoms with van der Waals surface area (Å²) >= 11 is 0. The molecule has 0 saturated carbocycles. The number of nitrogens with zero attached hydrogens (tertiary/aromatic N) is 2. The van der Waals surface area contributed by atoms with Gasteiger partial charge < -0.3 is 15.2 Å². The molecule has 132 valence electrons. The third-order valence-corrected chi connectivity index (χ3v) is 3.85. The molecule has 0 aliphatic carbocycles. The van der Waals surface area contributed by atoms with Crippen LogP contribution in [0.1, 0.15) is 29.0 Å². The van der Waals surface area contributed by atoms with Crippen LogP contribution in [0.2, 0.25) is 0 Å². The number of aryl methyl sites for hydroxylation is 3. The number of hydrogen-bond donors (Lipinski definition) is 2. The van der Waals surface area contributed by atoms with E-state index >= 15 is 0 Å². The van der Waals surface area contributed by atoms with Gasteiger partial charge in [0, 0.05) is 25.7 Å². The molecule has 0 aliphatic heterocycles. The Morgan fingerprint density at radius 1 is 1.08 bits per heavy atom. The number of nitrogens with one attached hydrogen (secondary N) is 2. The van der Waals surface area contributed by atoms with Crippen molar-refractivity contribution in [2.24, 2.45) is 4.99 Å².